The second kappa shape index (κ2) is 8.98. The van der Waals surface area contributed by atoms with Crippen LogP contribution >= 0.6 is 0 Å². The van der Waals surface area contributed by atoms with Gasteiger partial charge in [-0.3, -0.25) is 4.90 Å². The first-order chi connectivity index (χ1) is 9.74. The fourth-order valence-electron chi connectivity index (χ4n) is 3.20. The highest BCUT2D eigenvalue weighted by Gasteiger charge is 2.21. The van der Waals surface area contributed by atoms with E-state index in [0.717, 1.165) is 44.7 Å². The van der Waals surface area contributed by atoms with Crippen molar-refractivity contribution in [1.82, 2.24) is 15.1 Å². The Kier molecular flexibility index (Phi) is 7.28. The largest absolute Gasteiger partial charge is 0.379 e. The molecule has 2 aliphatic heterocycles. The summed E-state index contributed by atoms with van der Waals surface area (Å²) in [5, 5.41) is 3.61. The lowest BCUT2D eigenvalue weighted by Gasteiger charge is -2.27. The van der Waals surface area contributed by atoms with Crippen LogP contribution in [0.15, 0.2) is 0 Å². The summed E-state index contributed by atoms with van der Waals surface area (Å²) < 4.78 is 5.39. The van der Waals surface area contributed by atoms with Gasteiger partial charge in [0.05, 0.1) is 13.2 Å². The van der Waals surface area contributed by atoms with Crippen molar-refractivity contribution in [2.24, 2.45) is 11.8 Å². The summed E-state index contributed by atoms with van der Waals surface area (Å²) in [4.78, 5) is 5.20. The zero-order valence-electron chi connectivity index (χ0n) is 13.4. The summed E-state index contributed by atoms with van der Waals surface area (Å²) in [6.07, 6.45) is 2.69. The lowest BCUT2D eigenvalue weighted by Crippen LogP contribution is -2.38. The van der Waals surface area contributed by atoms with E-state index in [1.807, 2.05) is 0 Å². The number of rotatable bonds is 8. The Bertz CT molecular complexity index is 254. The molecule has 118 valence electrons. The number of ether oxygens (including phenoxy) is 1. The summed E-state index contributed by atoms with van der Waals surface area (Å²) >= 11 is 0. The number of hydrogen-bond acceptors (Lipinski definition) is 4. The third-order valence-corrected chi connectivity index (χ3v) is 4.41. The minimum absolute atomic E-state index is 0.765. The molecule has 0 spiro atoms. The fraction of sp³-hybridized carbons (Fsp3) is 1.00. The van der Waals surface area contributed by atoms with Crippen molar-refractivity contribution in [3.8, 4) is 0 Å². The molecule has 4 heteroatoms. The van der Waals surface area contributed by atoms with Gasteiger partial charge in [-0.25, -0.2) is 0 Å². The molecule has 0 aromatic heterocycles. The van der Waals surface area contributed by atoms with Crippen LogP contribution in [0, 0.1) is 11.8 Å². The third-order valence-electron chi connectivity index (χ3n) is 4.41. The summed E-state index contributed by atoms with van der Waals surface area (Å²) in [5.41, 5.74) is 0. The SMILES string of the molecule is CC(C)CNCC1CCN(CCCN2CCOCC2)C1. The van der Waals surface area contributed by atoms with Gasteiger partial charge < -0.3 is 15.0 Å². The molecule has 0 aliphatic carbocycles. The van der Waals surface area contributed by atoms with Crippen molar-refractivity contribution in [1.29, 1.82) is 0 Å². The molecule has 4 nitrogen and oxygen atoms in total. The molecule has 0 saturated carbocycles. The van der Waals surface area contributed by atoms with E-state index in [2.05, 4.69) is 29.0 Å². The Hall–Kier alpha value is -0.160. The Morgan fingerprint density at radius 1 is 1.10 bits per heavy atom. The Morgan fingerprint density at radius 3 is 2.60 bits per heavy atom. The summed E-state index contributed by atoms with van der Waals surface area (Å²) in [6.45, 7) is 16.1. The van der Waals surface area contributed by atoms with Crippen LogP contribution in [0.2, 0.25) is 0 Å². The molecule has 2 fully saturated rings. The zero-order chi connectivity index (χ0) is 14.2. The van der Waals surface area contributed by atoms with E-state index in [1.54, 1.807) is 0 Å². The molecule has 1 unspecified atom stereocenters. The van der Waals surface area contributed by atoms with Gasteiger partial charge in [-0.2, -0.15) is 0 Å². The number of nitrogens with zero attached hydrogens (tertiary/aromatic N) is 2. The van der Waals surface area contributed by atoms with Crippen molar-refractivity contribution in [3.05, 3.63) is 0 Å². The summed E-state index contributed by atoms with van der Waals surface area (Å²) in [7, 11) is 0. The van der Waals surface area contributed by atoms with Crippen LogP contribution in [0.4, 0.5) is 0 Å². The topological polar surface area (TPSA) is 27.7 Å². The van der Waals surface area contributed by atoms with Crippen LogP contribution < -0.4 is 5.32 Å². The van der Waals surface area contributed by atoms with E-state index in [-0.39, 0.29) is 0 Å². The Labute approximate surface area is 124 Å². The van der Waals surface area contributed by atoms with Crippen molar-refractivity contribution in [2.75, 3.05) is 65.6 Å². The predicted molar refractivity (Wildman–Crippen MR) is 84.1 cm³/mol. The molecule has 20 heavy (non-hydrogen) atoms. The van der Waals surface area contributed by atoms with Crippen molar-refractivity contribution in [2.45, 2.75) is 26.7 Å². The maximum Gasteiger partial charge on any atom is 0.0594 e. The predicted octanol–water partition coefficient (Wildman–Crippen LogP) is 1.28. The molecule has 0 aromatic carbocycles. The van der Waals surface area contributed by atoms with E-state index in [4.69, 9.17) is 4.74 Å². The first-order valence-corrected chi connectivity index (χ1v) is 8.47. The van der Waals surface area contributed by atoms with Gasteiger partial charge in [0, 0.05) is 19.6 Å². The van der Waals surface area contributed by atoms with Gasteiger partial charge in [0.15, 0.2) is 0 Å². The number of hydrogen-bond donors (Lipinski definition) is 1. The molecule has 2 aliphatic rings. The molecule has 0 aromatic rings. The monoisotopic (exact) mass is 283 g/mol. The van der Waals surface area contributed by atoms with Gasteiger partial charge in [0.1, 0.15) is 0 Å². The first kappa shape index (κ1) is 16.2. The molecule has 1 N–H and O–H groups in total. The molecule has 0 amide bonds. The smallest absolute Gasteiger partial charge is 0.0594 e. The molecular formula is C16H33N3O. The van der Waals surface area contributed by atoms with E-state index >= 15 is 0 Å². The van der Waals surface area contributed by atoms with Crippen LogP contribution in [-0.2, 0) is 4.74 Å². The number of likely N-dealkylation sites (tertiary alicyclic amines) is 1. The first-order valence-electron chi connectivity index (χ1n) is 8.47. The van der Waals surface area contributed by atoms with E-state index in [0.29, 0.717) is 0 Å². The highest BCUT2D eigenvalue weighted by molar-refractivity contribution is 4.77. The standard InChI is InChI=1S/C16H33N3O/c1-15(2)12-17-13-16-4-7-19(14-16)6-3-5-18-8-10-20-11-9-18/h15-17H,3-14H2,1-2H3. The molecule has 0 bridgehead atoms. The van der Waals surface area contributed by atoms with E-state index in [1.165, 1.54) is 45.6 Å². The Balaban J connectivity index is 1.50. The maximum absolute atomic E-state index is 5.39. The zero-order valence-corrected chi connectivity index (χ0v) is 13.4. The quantitative estimate of drug-likeness (QED) is 0.726. The van der Waals surface area contributed by atoms with Crippen LogP contribution in [-0.4, -0.2) is 75.4 Å². The fourth-order valence-corrected chi connectivity index (χ4v) is 3.20. The van der Waals surface area contributed by atoms with Crippen LogP contribution in [0.3, 0.4) is 0 Å². The molecule has 1 atom stereocenters. The molecule has 0 radical (unpaired) electrons. The Morgan fingerprint density at radius 2 is 1.85 bits per heavy atom. The normalized spacial score (nSPS) is 25.6. The van der Waals surface area contributed by atoms with Gasteiger partial charge in [0.2, 0.25) is 0 Å². The maximum atomic E-state index is 5.39. The van der Waals surface area contributed by atoms with Crippen LogP contribution in [0.1, 0.15) is 26.7 Å². The third kappa shape index (κ3) is 6.08. The number of morpholine rings is 1. The van der Waals surface area contributed by atoms with E-state index in [9.17, 15) is 0 Å². The minimum atomic E-state index is 0.765. The minimum Gasteiger partial charge on any atom is -0.379 e. The second-order valence-electron chi connectivity index (χ2n) is 6.81. The van der Waals surface area contributed by atoms with Gasteiger partial charge in [-0.1, -0.05) is 13.8 Å². The number of nitrogens with one attached hydrogen (secondary N) is 1. The molecular weight excluding hydrogens is 250 g/mol. The highest BCUT2D eigenvalue weighted by Crippen LogP contribution is 2.15. The van der Waals surface area contributed by atoms with Crippen LogP contribution in [0.25, 0.3) is 0 Å². The van der Waals surface area contributed by atoms with E-state index < -0.39 is 0 Å². The summed E-state index contributed by atoms with van der Waals surface area (Å²) in [6, 6.07) is 0. The van der Waals surface area contributed by atoms with Crippen molar-refractivity contribution in [3.63, 3.8) is 0 Å². The lowest BCUT2D eigenvalue weighted by atomic mass is 10.1. The second-order valence-corrected chi connectivity index (χ2v) is 6.81. The van der Waals surface area contributed by atoms with Gasteiger partial charge in [-0.15, -0.1) is 0 Å². The van der Waals surface area contributed by atoms with Crippen molar-refractivity contribution < 1.29 is 4.74 Å². The van der Waals surface area contributed by atoms with Gasteiger partial charge >= 0.3 is 0 Å². The van der Waals surface area contributed by atoms with Gasteiger partial charge in [-0.05, 0) is 57.4 Å². The molecule has 2 rings (SSSR count). The molecule has 2 heterocycles. The average molecular weight is 283 g/mol. The average Bonchev–Trinajstić information content (AvgIpc) is 2.87. The highest BCUT2D eigenvalue weighted by atomic mass is 16.5. The van der Waals surface area contributed by atoms with Gasteiger partial charge in [0.25, 0.3) is 0 Å². The summed E-state index contributed by atoms with van der Waals surface area (Å²) in [5.74, 6) is 1.64. The van der Waals surface area contributed by atoms with Crippen molar-refractivity contribution >= 4 is 0 Å². The lowest BCUT2D eigenvalue weighted by molar-refractivity contribution is 0.0363. The van der Waals surface area contributed by atoms with Crippen LogP contribution in [0.5, 0.6) is 0 Å². The molecule has 2 saturated heterocycles.